The topological polar surface area (TPSA) is 35.0 Å². The summed E-state index contributed by atoms with van der Waals surface area (Å²) in [5.74, 6) is 1.98. The lowest BCUT2D eigenvalue weighted by Gasteiger charge is -2.10. The van der Waals surface area contributed by atoms with Crippen molar-refractivity contribution >= 4 is 23.2 Å². The number of aromatic nitrogens is 2. The third-order valence-electron chi connectivity index (χ3n) is 2.83. The molecule has 0 N–H and O–H groups in total. The Morgan fingerprint density at radius 1 is 1.15 bits per heavy atom. The summed E-state index contributed by atoms with van der Waals surface area (Å²) in [6.07, 6.45) is 0.845. The second-order valence-electron chi connectivity index (χ2n) is 4.75. The third kappa shape index (κ3) is 3.62. The molecular weight excluding hydrogens is 295 g/mol. The molecule has 0 saturated heterocycles. The molecule has 0 aliphatic rings. The van der Waals surface area contributed by atoms with Crippen LogP contribution < -0.4 is 4.74 Å². The van der Waals surface area contributed by atoms with Crippen molar-refractivity contribution in [2.24, 2.45) is 0 Å². The van der Waals surface area contributed by atoms with Crippen molar-refractivity contribution in [3.05, 3.63) is 45.8 Å². The van der Waals surface area contributed by atoms with E-state index < -0.39 is 0 Å². The van der Waals surface area contributed by atoms with E-state index in [2.05, 4.69) is 9.97 Å². The van der Waals surface area contributed by atoms with E-state index in [1.54, 1.807) is 6.07 Å². The van der Waals surface area contributed by atoms with Crippen molar-refractivity contribution in [2.45, 2.75) is 33.1 Å². The van der Waals surface area contributed by atoms with Gasteiger partial charge in [-0.05, 0) is 30.2 Å². The molecule has 0 saturated carbocycles. The number of ether oxygens (including phenoxy) is 1. The van der Waals surface area contributed by atoms with Crippen LogP contribution in [0.15, 0.2) is 24.3 Å². The molecule has 20 heavy (non-hydrogen) atoms. The zero-order valence-corrected chi connectivity index (χ0v) is 13.2. The Hall–Kier alpha value is -1.32. The fourth-order valence-electron chi connectivity index (χ4n) is 1.73. The van der Waals surface area contributed by atoms with E-state index in [-0.39, 0.29) is 5.92 Å². The minimum Gasteiger partial charge on any atom is -0.439 e. The standard InChI is InChI=1S/C15H16Cl2N2O/c1-4-10-7-11(5-6-12(10)16)20-14-8-13(17)18-15(19-14)9(2)3/h5-9H,4H2,1-3H3. The molecule has 5 heteroatoms. The Morgan fingerprint density at radius 2 is 1.90 bits per heavy atom. The SMILES string of the molecule is CCc1cc(Oc2cc(Cl)nc(C(C)C)n2)ccc1Cl. The zero-order chi connectivity index (χ0) is 14.7. The van der Waals surface area contributed by atoms with E-state index in [9.17, 15) is 0 Å². The van der Waals surface area contributed by atoms with Crippen molar-refractivity contribution in [1.29, 1.82) is 0 Å². The van der Waals surface area contributed by atoms with E-state index in [1.165, 1.54) is 0 Å². The molecule has 3 nitrogen and oxygen atoms in total. The van der Waals surface area contributed by atoms with Crippen molar-refractivity contribution in [3.8, 4) is 11.6 Å². The maximum atomic E-state index is 6.09. The minimum absolute atomic E-state index is 0.187. The van der Waals surface area contributed by atoms with Crippen molar-refractivity contribution < 1.29 is 4.74 Å². The van der Waals surface area contributed by atoms with E-state index in [4.69, 9.17) is 27.9 Å². The van der Waals surface area contributed by atoms with Gasteiger partial charge in [0.05, 0.1) is 0 Å². The van der Waals surface area contributed by atoms with Crippen molar-refractivity contribution in [1.82, 2.24) is 9.97 Å². The molecule has 1 aromatic carbocycles. The molecule has 0 amide bonds. The van der Waals surface area contributed by atoms with Gasteiger partial charge in [-0.3, -0.25) is 0 Å². The van der Waals surface area contributed by atoms with Crippen LogP contribution in [0, 0.1) is 0 Å². The normalized spacial score (nSPS) is 10.9. The highest BCUT2D eigenvalue weighted by Gasteiger charge is 2.09. The summed E-state index contributed by atoms with van der Waals surface area (Å²) in [4.78, 5) is 8.53. The van der Waals surface area contributed by atoms with Gasteiger partial charge in [0.1, 0.15) is 16.7 Å². The fourth-order valence-corrected chi connectivity index (χ4v) is 2.16. The van der Waals surface area contributed by atoms with Gasteiger partial charge in [0.15, 0.2) is 0 Å². The van der Waals surface area contributed by atoms with Gasteiger partial charge in [0, 0.05) is 17.0 Å². The number of rotatable bonds is 4. The molecule has 2 rings (SSSR count). The summed E-state index contributed by atoms with van der Waals surface area (Å²) in [6.45, 7) is 6.06. The number of aryl methyl sites for hydroxylation is 1. The summed E-state index contributed by atoms with van der Waals surface area (Å²) >= 11 is 12.1. The molecule has 0 fully saturated rings. The Kier molecular flexibility index (Phi) is 4.84. The summed E-state index contributed by atoms with van der Waals surface area (Å²) < 4.78 is 5.75. The lowest BCUT2D eigenvalue weighted by molar-refractivity contribution is 0.456. The summed E-state index contributed by atoms with van der Waals surface area (Å²) in [5.41, 5.74) is 1.04. The van der Waals surface area contributed by atoms with Gasteiger partial charge in [-0.25, -0.2) is 4.98 Å². The fraction of sp³-hybridized carbons (Fsp3) is 0.333. The zero-order valence-electron chi connectivity index (χ0n) is 11.7. The quantitative estimate of drug-likeness (QED) is 0.722. The summed E-state index contributed by atoms with van der Waals surface area (Å²) in [6, 6.07) is 7.15. The molecule has 2 aromatic rings. The van der Waals surface area contributed by atoms with Crippen LogP contribution in [-0.2, 0) is 6.42 Å². The van der Waals surface area contributed by atoms with E-state index in [0.29, 0.717) is 22.6 Å². The number of hydrogen-bond acceptors (Lipinski definition) is 3. The molecule has 0 aliphatic carbocycles. The highest BCUT2D eigenvalue weighted by molar-refractivity contribution is 6.31. The van der Waals surface area contributed by atoms with Crippen molar-refractivity contribution in [3.63, 3.8) is 0 Å². The first-order valence-corrected chi connectivity index (χ1v) is 7.26. The molecule has 0 spiro atoms. The predicted molar refractivity (Wildman–Crippen MR) is 82.0 cm³/mol. The Balaban J connectivity index is 2.30. The maximum absolute atomic E-state index is 6.09. The average Bonchev–Trinajstić information content (AvgIpc) is 2.40. The number of hydrogen-bond donors (Lipinski definition) is 0. The lowest BCUT2D eigenvalue weighted by atomic mass is 10.1. The molecule has 0 aliphatic heterocycles. The van der Waals surface area contributed by atoms with Gasteiger partial charge in [0.25, 0.3) is 0 Å². The summed E-state index contributed by atoms with van der Waals surface area (Å²) in [5, 5.41) is 1.12. The largest absolute Gasteiger partial charge is 0.439 e. The Bertz CT molecular complexity index is 615. The van der Waals surface area contributed by atoms with Crippen molar-refractivity contribution in [2.75, 3.05) is 0 Å². The van der Waals surface area contributed by atoms with Gasteiger partial charge in [-0.15, -0.1) is 0 Å². The predicted octanol–water partition coefficient (Wildman–Crippen LogP) is 5.26. The molecule has 0 radical (unpaired) electrons. The van der Waals surface area contributed by atoms with Gasteiger partial charge in [-0.1, -0.05) is 44.0 Å². The second-order valence-corrected chi connectivity index (χ2v) is 5.55. The first kappa shape index (κ1) is 15.1. The molecule has 0 atom stereocenters. The Labute approximate surface area is 128 Å². The van der Waals surface area contributed by atoms with Crippen LogP contribution in [0.25, 0.3) is 0 Å². The highest BCUT2D eigenvalue weighted by atomic mass is 35.5. The minimum atomic E-state index is 0.187. The van der Waals surface area contributed by atoms with E-state index in [0.717, 1.165) is 17.0 Å². The van der Waals surface area contributed by atoms with Crippen LogP contribution in [0.4, 0.5) is 0 Å². The highest BCUT2D eigenvalue weighted by Crippen LogP contribution is 2.27. The first-order valence-electron chi connectivity index (χ1n) is 6.50. The van der Waals surface area contributed by atoms with Crippen LogP contribution in [0.3, 0.4) is 0 Å². The Morgan fingerprint density at radius 3 is 2.55 bits per heavy atom. The lowest BCUT2D eigenvalue weighted by Crippen LogP contribution is -2.00. The van der Waals surface area contributed by atoms with Crippen LogP contribution in [0.1, 0.15) is 38.1 Å². The van der Waals surface area contributed by atoms with E-state index >= 15 is 0 Å². The van der Waals surface area contributed by atoms with Gasteiger partial charge in [-0.2, -0.15) is 4.98 Å². The average molecular weight is 311 g/mol. The van der Waals surface area contributed by atoms with Crippen LogP contribution in [-0.4, -0.2) is 9.97 Å². The van der Waals surface area contributed by atoms with Crippen LogP contribution in [0.5, 0.6) is 11.6 Å². The first-order chi connectivity index (χ1) is 9.49. The second kappa shape index (κ2) is 6.42. The monoisotopic (exact) mass is 310 g/mol. The van der Waals surface area contributed by atoms with Gasteiger partial charge in [0.2, 0.25) is 5.88 Å². The van der Waals surface area contributed by atoms with Crippen LogP contribution in [0.2, 0.25) is 10.2 Å². The number of benzene rings is 1. The number of nitrogens with zero attached hydrogens (tertiary/aromatic N) is 2. The third-order valence-corrected chi connectivity index (χ3v) is 3.39. The van der Waals surface area contributed by atoms with Gasteiger partial charge >= 0.3 is 0 Å². The molecule has 106 valence electrons. The molecule has 0 unspecified atom stereocenters. The van der Waals surface area contributed by atoms with Crippen LogP contribution >= 0.6 is 23.2 Å². The summed E-state index contributed by atoms with van der Waals surface area (Å²) in [7, 11) is 0. The smallest absolute Gasteiger partial charge is 0.224 e. The van der Waals surface area contributed by atoms with E-state index in [1.807, 2.05) is 39.0 Å². The number of halogens is 2. The molecule has 1 heterocycles. The maximum Gasteiger partial charge on any atom is 0.224 e. The molecule has 0 bridgehead atoms. The van der Waals surface area contributed by atoms with Gasteiger partial charge < -0.3 is 4.74 Å². The molecular formula is C15H16Cl2N2O. The molecule has 1 aromatic heterocycles.